The lowest BCUT2D eigenvalue weighted by Gasteiger charge is -2.22. The van der Waals surface area contributed by atoms with Crippen molar-refractivity contribution in [3.05, 3.63) is 51.3 Å². The molecule has 0 radical (unpaired) electrons. The standard InChI is InChI=1S/C15H17N3O3/c1-9-5-6-11(14(19)16-9)15(20)18-7-3-4-13(18)12-8-10(2)21-17-12/h5-6,8,13H,3-4,7H2,1-2H3,(H,16,19)/t13-/m0/s1. The third-order valence-corrected chi connectivity index (χ3v) is 3.79. The van der Waals surface area contributed by atoms with Gasteiger partial charge in [-0.25, -0.2) is 0 Å². The topological polar surface area (TPSA) is 79.2 Å². The van der Waals surface area contributed by atoms with Gasteiger partial charge in [-0.3, -0.25) is 9.59 Å². The minimum atomic E-state index is -0.345. The Morgan fingerprint density at radius 1 is 1.43 bits per heavy atom. The fourth-order valence-corrected chi connectivity index (χ4v) is 2.76. The van der Waals surface area contributed by atoms with Crippen molar-refractivity contribution in [2.24, 2.45) is 0 Å². The lowest BCUT2D eigenvalue weighted by molar-refractivity contribution is 0.0729. The van der Waals surface area contributed by atoms with E-state index in [1.165, 1.54) is 0 Å². The van der Waals surface area contributed by atoms with Gasteiger partial charge in [0.25, 0.3) is 11.5 Å². The van der Waals surface area contributed by atoms with Gasteiger partial charge in [-0.15, -0.1) is 0 Å². The zero-order valence-corrected chi connectivity index (χ0v) is 12.0. The fourth-order valence-electron chi connectivity index (χ4n) is 2.76. The lowest BCUT2D eigenvalue weighted by atomic mass is 10.1. The predicted octanol–water partition coefficient (Wildman–Crippen LogP) is 1.96. The van der Waals surface area contributed by atoms with E-state index in [4.69, 9.17) is 4.52 Å². The molecule has 0 aliphatic carbocycles. The van der Waals surface area contributed by atoms with Crippen LogP contribution >= 0.6 is 0 Å². The van der Waals surface area contributed by atoms with Crippen LogP contribution in [0.3, 0.4) is 0 Å². The zero-order chi connectivity index (χ0) is 15.0. The summed E-state index contributed by atoms with van der Waals surface area (Å²) < 4.78 is 5.09. The molecule has 1 saturated heterocycles. The number of pyridine rings is 1. The first-order valence-electron chi connectivity index (χ1n) is 7.00. The van der Waals surface area contributed by atoms with Crippen LogP contribution in [0.4, 0.5) is 0 Å². The van der Waals surface area contributed by atoms with Gasteiger partial charge in [-0.05, 0) is 38.8 Å². The number of carbonyl (C=O) groups excluding carboxylic acids is 1. The summed E-state index contributed by atoms with van der Waals surface area (Å²) in [7, 11) is 0. The normalized spacial score (nSPS) is 18.2. The van der Waals surface area contributed by atoms with Crippen molar-refractivity contribution < 1.29 is 9.32 Å². The summed E-state index contributed by atoms with van der Waals surface area (Å²) in [6.45, 7) is 4.23. The third-order valence-electron chi connectivity index (χ3n) is 3.79. The maximum absolute atomic E-state index is 12.6. The number of nitrogens with one attached hydrogen (secondary N) is 1. The van der Waals surface area contributed by atoms with E-state index in [0.717, 1.165) is 30.0 Å². The van der Waals surface area contributed by atoms with E-state index in [1.54, 1.807) is 24.0 Å². The second-order valence-electron chi connectivity index (χ2n) is 5.40. The number of aryl methyl sites for hydroxylation is 2. The van der Waals surface area contributed by atoms with Gasteiger partial charge in [0.1, 0.15) is 17.0 Å². The molecule has 1 aliphatic heterocycles. The monoisotopic (exact) mass is 287 g/mol. The first-order chi connectivity index (χ1) is 10.1. The van der Waals surface area contributed by atoms with Crippen molar-refractivity contribution in [3.8, 4) is 0 Å². The number of carbonyl (C=O) groups is 1. The van der Waals surface area contributed by atoms with Crippen molar-refractivity contribution in [2.75, 3.05) is 6.54 Å². The van der Waals surface area contributed by atoms with E-state index in [0.29, 0.717) is 6.54 Å². The van der Waals surface area contributed by atoms with Gasteiger partial charge < -0.3 is 14.4 Å². The van der Waals surface area contributed by atoms with E-state index in [-0.39, 0.29) is 23.1 Å². The molecule has 1 fully saturated rings. The Hall–Kier alpha value is -2.37. The minimum Gasteiger partial charge on any atom is -0.361 e. The summed E-state index contributed by atoms with van der Waals surface area (Å²) in [6, 6.07) is 5.05. The summed E-state index contributed by atoms with van der Waals surface area (Å²) in [5.41, 5.74) is 1.32. The molecule has 3 rings (SSSR count). The van der Waals surface area contributed by atoms with Crippen LogP contribution in [-0.2, 0) is 0 Å². The lowest BCUT2D eigenvalue weighted by Crippen LogP contribution is -2.34. The molecule has 0 aromatic carbocycles. The number of aromatic amines is 1. The van der Waals surface area contributed by atoms with Crippen LogP contribution in [-0.4, -0.2) is 27.5 Å². The smallest absolute Gasteiger partial charge is 0.260 e. The van der Waals surface area contributed by atoms with Crippen molar-refractivity contribution in [1.29, 1.82) is 0 Å². The number of rotatable bonds is 2. The molecule has 3 heterocycles. The average Bonchev–Trinajstić information content (AvgIpc) is 3.06. The molecule has 0 unspecified atom stereocenters. The first-order valence-corrected chi connectivity index (χ1v) is 7.00. The molecule has 2 aromatic rings. The SMILES string of the molecule is Cc1ccc(C(=O)N2CCC[C@H]2c2cc(C)on2)c(=O)[nH]1. The summed E-state index contributed by atoms with van der Waals surface area (Å²) >= 11 is 0. The van der Waals surface area contributed by atoms with E-state index in [1.807, 2.05) is 13.0 Å². The predicted molar refractivity (Wildman–Crippen MR) is 76.1 cm³/mol. The van der Waals surface area contributed by atoms with Crippen LogP contribution in [0.1, 0.15) is 46.4 Å². The Morgan fingerprint density at radius 2 is 2.24 bits per heavy atom. The molecule has 1 amide bonds. The summed E-state index contributed by atoms with van der Waals surface area (Å²) in [4.78, 5) is 28.9. The largest absolute Gasteiger partial charge is 0.361 e. The highest BCUT2D eigenvalue weighted by molar-refractivity contribution is 5.94. The maximum Gasteiger partial charge on any atom is 0.260 e. The second kappa shape index (κ2) is 5.20. The first kappa shape index (κ1) is 13.6. The molecule has 0 bridgehead atoms. The van der Waals surface area contributed by atoms with Gasteiger partial charge in [0, 0.05) is 18.3 Å². The van der Waals surface area contributed by atoms with Crippen molar-refractivity contribution >= 4 is 5.91 Å². The van der Waals surface area contributed by atoms with Gasteiger partial charge in [-0.1, -0.05) is 5.16 Å². The molecular weight excluding hydrogens is 270 g/mol. The van der Waals surface area contributed by atoms with Crippen LogP contribution in [0.25, 0.3) is 0 Å². The Balaban J connectivity index is 1.91. The summed E-state index contributed by atoms with van der Waals surface area (Å²) in [6.07, 6.45) is 1.73. The van der Waals surface area contributed by atoms with Crippen molar-refractivity contribution in [3.63, 3.8) is 0 Å². The molecule has 6 heteroatoms. The highest BCUT2D eigenvalue weighted by Gasteiger charge is 2.33. The van der Waals surface area contributed by atoms with Gasteiger partial charge in [-0.2, -0.15) is 0 Å². The van der Waals surface area contributed by atoms with E-state index in [9.17, 15) is 9.59 Å². The molecule has 1 N–H and O–H groups in total. The number of aromatic nitrogens is 2. The molecule has 1 atom stereocenters. The van der Waals surface area contributed by atoms with Gasteiger partial charge >= 0.3 is 0 Å². The van der Waals surface area contributed by atoms with Crippen LogP contribution in [0.5, 0.6) is 0 Å². The van der Waals surface area contributed by atoms with Gasteiger partial charge in [0.05, 0.1) is 6.04 Å². The number of hydrogen-bond acceptors (Lipinski definition) is 4. The molecule has 0 spiro atoms. The number of H-pyrrole nitrogens is 1. The third kappa shape index (κ3) is 2.49. The van der Waals surface area contributed by atoms with Crippen LogP contribution < -0.4 is 5.56 Å². The van der Waals surface area contributed by atoms with E-state index in [2.05, 4.69) is 10.1 Å². The van der Waals surface area contributed by atoms with Gasteiger partial charge in [0.2, 0.25) is 0 Å². The fraction of sp³-hybridized carbons (Fsp3) is 0.400. The highest BCUT2D eigenvalue weighted by atomic mass is 16.5. The summed E-state index contributed by atoms with van der Waals surface area (Å²) in [5.74, 6) is 0.469. The Bertz CT molecular complexity index is 732. The molecule has 21 heavy (non-hydrogen) atoms. The van der Waals surface area contributed by atoms with Crippen LogP contribution in [0.2, 0.25) is 0 Å². The number of amides is 1. The Labute approximate surface area is 121 Å². The second-order valence-corrected chi connectivity index (χ2v) is 5.40. The quantitative estimate of drug-likeness (QED) is 0.915. The zero-order valence-electron chi connectivity index (χ0n) is 12.0. The molecule has 110 valence electrons. The van der Waals surface area contributed by atoms with Gasteiger partial charge in [0.15, 0.2) is 0 Å². The average molecular weight is 287 g/mol. The minimum absolute atomic E-state index is 0.115. The van der Waals surface area contributed by atoms with Crippen LogP contribution in [0.15, 0.2) is 27.5 Å². The molecule has 6 nitrogen and oxygen atoms in total. The van der Waals surface area contributed by atoms with Crippen LogP contribution in [0, 0.1) is 13.8 Å². The number of nitrogens with zero attached hydrogens (tertiary/aromatic N) is 2. The van der Waals surface area contributed by atoms with Crippen molar-refractivity contribution in [1.82, 2.24) is 15.0 Å². The highest BCUT2D eigenvalue weighted by Crippen LogP contribution is 2.32. The maximum atomic E-state index is 12.6. The molecule has 1 aliphatic rings. The number of likely N-dealkylation sites (tertiary alicyclic amines) is 1. The number of hydrogen-bond donors (Lipinski definition) is 1. The molecule has 0 saturated carbocycles. The van der Waals surface area contributed by atoms with Crippen molar-refractivity contribution in [2.45, 2.75) is 32.7 Å². The Kier molecular flexibility index (Phi) is 3.37. The Morgan fingerprint density at radius 3 is 2.90 bits per heavy atom. The summed E-state index contributed by atoms with van der Waals surface area (Å²) in [5, 5.41) is 4.01. The van der Waals surface area contributed by atoms with E-state index >= 15 is 0 Å². The van der Waals surface area contributed by atoms with E-state index < -0.39 is 0 Å². The molecular formula is C15H17N3O3. The molecule has 2 aromatic heterocycles.